The van der Waals surface area contributed by atoms with Gasteiger partial charge in [-0.25, -0.2) is 0 Å². The van der Waals surface area contributed by atoms with Crippen LogP contribution < -0.4 is 14.2 Å². The van der Waals surface area contributed by atoms with Crippen molar-refractivity contribution in [3.63, 3.8) is 0 Å². The van der Waals surface area contributed by atoms with Gasteiger partial charge in [0.2, 0.25) is 11.6 Å². The average Bonchev–Trinajstić information content (AvgIpc) is 3.22. The number of carbonyl (C=O) groups excluding carboxylic acids is 1. The molecule has 5 aliphatic rings. The smallest absolute Gasteiger partial charge is 0.235 e. The molecule has 2 bridgehead atoms. The van der Waals surface area contributed by atoms with E-state index in [-0.39, 0.29) is 53.8 Å². The molecule has 4 heterocycles. The van der Waals surface area contributed by atoms with Gasteiger partial charge in [-0.3, -0.25) is 4.79 Å². The highest BCUT2D eigenvalue weighted by molar-refractivity contribution is 6.08. The van der Waals surface area contributed by atoms with Gasteiger partial charge in [0.1, 0.15) is 41.0 Å². The molecule has 1 aliphatic carbocycles. The van der Waals surface area contributed by atoms with Crippen LogP contribution in [0.15, 0.2) is 42.5 Å². The average molecular weight is 575 g/mol. The topological polar surface area (TPSA) is 175 Å². The Labute approximate surface area is 238 Å². The Morgan fingerprint density at radius 2 is 1.71 bits per heavy atom. The first-order valence-corrected chi connectivity index (χ1v) is 13.6. The summed E-state index contributed by atoms with van der Waals surface area (Å²) in [7, 11) is 0. The second kappa shape index (κ2) is 8.09. The van der Waals surface area contributed by atoms with Crippen LogP contribution in [0.3, 0.4) is 0 Å². The van der Waals surface area contributed by atoms with Gasteiger partial charge >= 0.3 is 0 Å². The number of benzene rings is 3. The van der Waals surface area contributed by atoms with Crippen LogP contribution in [-0.4, -0.2) is 66.1 Å². The molecule has 11 nitrogen and oxygen atoms in total. The van der Waals surface area contributed by atoms with E-state index in [1.165, 1.54) is 36.4 Å². The van der Waals surface area contributed by atoms with Crippen molar-refractivity contribution in [1.29, 1.82) is 0 Å². The van der Waals surface area contributed by atoms with E-state index in [0.717, 1.165) is 11.1 Å². The highest BCUT2D eigenvalue weighted by atomic mass is 16.7. The number of hydrogen-bond donors (Lipinski definition) is 6. The van der Waals surface area contributed by atoms with Crippen molar-refractivity contribution in [3.8, 4) is 40.2 Å². The number of rotatable bonds is 1. The molecule has 4 aliphatic heterocycles. The summed E-state index contributed by atoms with van der Waals surface area (Å²) in [6.07, 6.45) is -2.52. The van der Waals surface area contributed by atoms with Crippen LogP contribution >= 0.6 is 0 Å². The summed E-state index contributed by atoms with van der Waals surface area (Å²) in [5, 5.41) is 63.5. The Morgan fingerprint density at radius 1 is 0.905 bits per heavy atom. The molecule has 0 amide bonds. The molecule has 42 heavy (non-hydrogen) atoms. The number of carbonyl (C=O) groups is 1. The van der Waals surface area contributed by atoms with Crippen LogP contribution in [0, 0.1) is 6.92 Å². The Bertz CT molecular complexity index is 1760. The number of phenols is 4. The van der Waals surface area contributed by atoms with Crippen LogP contribution in [0.25, 0.3) is 5.57 Å². The van der Waals surface area contributed by atoms with Crippen LogP contribution in [-0.2, 0) is 22.4 Å². The summed E-state index contributed by atoms with van der Waals surface area (Å²) in [5.74, 6) is -2.92. The minimum absolute atomic E-state index is 0.0174. The van der Waals surface area contributed by atoms with E-state index in [9.17, 15) is 35.4 Å². The lowest BCUT2D eigenvalue weighted by Crippen LogP contribution is -2.70. The number of aromatic hydroxyl groups is 4. The number of aryl methyl sites for hydroxylation is 1. The van der Waals surface area contributed by atoms with E-state index in [2.05, 4.69) is 0 Å². The van der Waals surface area contributed by atoms with Gasteiger partial charge in [-0.2, -0.15) is 0 Å². The molecule has 6 atom stereocenters. The minimum Gasteiger partial charge on any atom is -0.508 e. The molecule has 1 saturated heterocycles. The van der Waals surface area contributed by atoms with Gasteiger partial charge in [-0.1, -0.05) is 6.07 Å². The van der Waals surface area contributed by atoms with E-state index < -0.39 is 41.6 Å². The first kappa shape index (κ1) is 25.3. The quantitative estimate of drug-likeness (QED) is 0.236. The zero-order valence-corrected chi connectivity index (χ0v) is 22.2. The van der Waals surface area contributed by atoms with Crippen molar-refractivity contribution < 1.29 is 54.4 Å². The van der Waals surface area contributed by atoms with Crippen molar-refractivity contribution >= 4 is 11.4 Å². The molecule has 3 aromatic carbocycles. The van der Waals surface area contributed by atoms with Gasteiger partial charge in [-0.05, 0) is 42.3 Å². The van der Waals surface area contributed by atoms with Gasteiger partial charge in [0, 0.05) is 41.7 Å². The standard InChI is InChI=1S/C31H26O11/c1-12-4-14(32)6-22-15(12)8-24-29(39-22)30-11-31(38,42-24)25(37)9-17(30)26-23(41-30)10-19(34)16-7-21(36)27(40-28(16)26)13-2-3-18(33)20(35)5-13/h2-6,9-10,21,24,27,29,32-36,38H,7-8,11H2,1H3/t21-,24-,27+,29?,30?,31?/m0/s1. The number of hydrogen-bond acceptors (Lipinski definition) is 11. The lowest BCUT2D eigenvalue weighted by atomic mass is 9.69. The normalized spacial score (nSPS) is 31.7. The Hall–Kier alpha value is -4.45. The first-order chi connectivity index (χ1) is 20.0. The Balaban J connectivity index is 1.28. The van der Waals surface area contributed by atoms with E-state index >= 15 is 0 Å². The van der Waals surface area contributed by atoms with Crippen molar-refractivity contribution in [2.75, 3.05) is 0 Å². The zero-order chi connectivity index (χ0) is 29.3. The molecule has 216 valence electrons. The van der Waals surface area contributed by atoms with Gasteiger partial charge in [0.25, 0.3) is 0 Å². The molecule has 6 N–H and O–H groups in total. The van der Waals surface area contributed by atoms with Gasteiger partial charge in [0.05, 0.1) is 18.1 Å². The molecule has 1 spiro atoms. The second-order valence-electron chi connectivity index (χ2n) is 11.6. The number of fused-ring (bicyclic) bond motifs is 7. The summed E-state index contributed by atoms with van der Waals surface area (Å²) in [6.45, 7) is 1.82. The third-order valence-electron chi connectivity index (χ3n) is 9.06. The number of ketones is 1. The molecule has 3 unspecified atom stereocenters. The molecule has 0 aromatic heterocycles. The Kier molecular flexibility index (Phi) is 4.87. The largest absolute Gasteiger partial charge is 0.508 e. The second-order valence-corrected chi connectivity index (χ2v) is 11.6. The predicted octanol–water partition coefficient (Wildman–Crippen LogP) is 2.43. The highest BCUT2D eigenvalue weighted by Crippen LogP contribution is 2.62. The molecule has 11 heteroatoms. The van der Waals surface area contributed by atoms with E-state index in [1.54, 1.807) is 6.07 Å². The molecule has 0 radical (unpaired) electrons. The lowest BCUT2D eigenvalue weighted by molar-refractivity contribution is -0.290. The van der Waals surface area contributed by atoms with E-state index in [1.807, 2.05) is 6.92 Å². The van der Waals surface area contributed by atoms with Crippen LogP contribution in [0.1, 0.15) is 40.3 Å². The third kappa shape index (κ3) is 3.23. The van der Waals surface area contributed by atoms with Gasteiger partial charge in [-0.15, -0.1) is 0 Å². The fourth-order valence-electron chi connectivity index (χ4n) is 7.15. The third-order valence-corrected chi connectivity index (χ3v) is 9.06. The van der Waals surface area contributed by atoms with Crippen LogP contribution in [0.2, 0.25) is 0 Å². The van der Waals surface area contributed by atoms with Crippen molar-refractivity contribution in [1.82, 2.24) is 0 Å². The zero-order valence-electron chi connectivity index (χ0n) is 22.2. The monoisotopic (exact) mass is 574 g/mol. The molecule has 3 aromatic rings. The molecular formula is C31H26O11. The summed E-state index contributed by atoms with van der Waals surface area (Å²) in [4.78, 5) is 13.4. The van der Waals surface area contributed by atoms with Gasteiger partial charge < -0.3 is 49.6 Å². The molecule has 0 saturated carbocycles. The maximum Gasteiger partial charge on any atom is 0.235 e. The summed E-state index contributed by atoms with van der Waals surface area (Å²) >= 11 is 0. The number of aliphatic hydroxyl groups excluding tert-OH is 1. The summed E-state index contributed by atoms with van der Waals surface area (Å²) < 4.78 is 25.3. The van der Waals surface area contributed by atoms with Crippen molar-refractivity contribution in [2.45, 2.75) is 62.0 Å². The maximum absolute atomic E-state index is 13.4. The predicted molar refractivity (Wildman–Crippen MR) is 143 cm³/mol. The summed E-state index contributed by atoms with van der Waals surface area (Å²) in [5.41, 5.74) is 1.56. The van der Waals surface area contributed by atoms with E-state index in [4.69, 9.17) is 18.9 Å². The van der Waals surface area contributed by atoms with Crippen LogP contribution in [0.5, 0.6) is 40.2 Å². The summed E-state index contributed by atoms with van der Waals surface area (Å²) in [6, 6.07) is 8.57. The SMILES string of the molecule is Cc1cc(O)cc2c1C[C@@H]1OC3(O)CC4(Oc5cc(O)c6c(c5C4=CC3=O)O[C@H](c3ccc(O)c(O)c3)[C@@H](O)C6)C1O2. The highest BCUT2D eigenvalue weighted by Gasteiger charge is 2.68. The van der Waals surface area contributed by atoms with Crippen LogP contribution in [0.4, 0.5) is 0 Å². The lowest BCUT2D eigenvalue weighted by Gasteiger charge is -2.53. The molecule has 1 fully saturated rings. The Morgan fingerprint density at radius 3 is 2.50 bits per heavy atom. The fraction of sp³-hybridized carbons (Fsp3) is 0.323. The molecule has 8 rings (SSSR count). The van der Waals surface area contributed by atoms with E-state index in [0.29, 0.717) is 28.0 Å². The maximum atomic E-state index is 13.4. The number of ether oxygens (including phenoxy) is 4. The first-order valence-electron chi connectivity index (χ1n) is 13.6. The number of phenolic OH excluding ortho intramolecular Hbond substituents is 4. The number of aliphatic hydroxyl groups is 2. The molecular weight excluding hydrogens is 548 g/mol. The van der Waals surface area contributed by atoms with Crippen molar-refractivity contribution in [2.24, 2.45) is 0 Å². The minimum atomic E-state index is -2.18. The van der Waals surface area contributed by atoms with Crippen molar-refractivity contribution in [3.05, 3.63) is 70.3 Å². The fourth-order valence-corrected chi connectivity index (χ4v) is 7.15. The van der Waals surface area contributed by atoms with Gasteiger partial charge in [0.15, 0.2) is 23.2 Å².